The van der Waals surface area contributed by atoms with Gasteiger partial charge in [-0.2, -0.15) is 4.98 Å². The Balaban J connectivity index is 1.91. The molecule has 0 aromatic carbocycles. The molecule has 0 spiro atoms. The lowest BCUT2D eigenvalue weighted by atomic mass is 10.4. The van der Waals surface area contributed by atoms with Crippen LogP contribution in [0.3, 0.4) is 0 Å². The van der Waals surface area contributed by atoms with Gasteiger partial charge < -0.3 is 19.3 Å². The number of hydrogen-bond acceptors (Lipinski definition) is 7. The molecule has 0 aliphatic rings. The Hall–Kier alpha value is -1.47. The van der Waals surface area contributed by atoms with Gasteiger partial charge in [-0.05, 0) is 6.92 Å². The number of carbonyl (C=O) groups is 1. The summed E-state index contributed by atoms with van der Waals surface area (Å²) in [4.78, 5) is 15.0. The van der Waals surface area contributed by atoms with E-state index in [1.165, 1.54) is 0 Å². The van der Waals surface area contributed by atoms with E-state index in [1.54, 1.807) is 13.8 Å². The molecule has 1 N–H and O–H groups in total. The molecule has 0 radical (unpaired) electrons. The molecule has 0 aliphatic carbocycles. The first-order valence-corrected chi connectivity index (χ1v) is 5.95. The summed E-state index contributed by atoms with van der Waals surface area (Å²) in [6.45, 7) is 5.76. The minimum atomic E-state index is -0.334. The van der Waals surface area contributed by atoms with Crippen molar-refractivity contribution in [1.82, 2.24) is 15.5 Å². The maximum absolute atomic E-state index is 10.9. The third kappa shape index (κ3) is 6.31. The summed E-state index contributed by atoms with van der Waals surface area (Å²) in [5, 5.41) is 6.92. The lowest BCUT2D eigenvalue weighted by Crippen LogP contribution is -2.24. The Morgan fingerprint density at radius 2 is 2.28 bits per heavy atom. The van der Waals surface area contributed by atoms with E-state index < -0.39 is 0 Å². The molecule has 0 unspecified atom stereocenters. The van der Waals surface area contributed by atoms with E-state index in [2.05, 4.69) is 15.5 Å². The van der Waals surface area contributed by atoms with Gasteiger partial charge in [0.2, 0.25) is 5.89 Å². The standard InChI is InChI=1S/C11H19N3O4/c1-3-17-11(15)8-16-7-6-12-5-4-10-13-9(2)18-14-10/h12H,3-8H2,1-2H3. The lowest BCUT2D eigenvalue weighted by Gasteiger charge is -2.04. The van der Waals surface area contributed by atoms with Crippen LogP contribution in [-0.4, -0.2) is 49.0 Å². The fourth-order valence-corrected chi connectivity index (χ4v) is 1.27. The molecule has 0 amide bonds. The number of nitrogens with one attached hydrogen (secondary N) is 1. The molecule has 7 heteroatoms. The number of rotatable bonds is 9. The average Bonchev–Trinajstić information content (AvgIpc) is 2.74. The fraction of sp³-hybridized carbons (Fsp3) is 0.727. The van der Waals surface area contributed by atoms with Crippen LogP contribution in [-0.2, 0) is 20.7 Å². The highest BCUT2D eigenvalue weighted by atomic mass is 16.6. The van der Waals surface area contributed by atoms with E-state index in [0.29, 0.717) is 37.9 Å². The minimum absolute atomic E-state index is 0.000440. The van der Waals surface area contributed by atoms with Crippen molar-refractivity contribution in [2.24, 2.45) is 0 Å². The number of aryl methyl sites for hydroxylation is 1. The van der Waals surface area contributed by atoms with E-state index in [1.807, 2.05) is 0 Å². The van der Waals surface area contributed by atoms with E-state index in [-0.39, 0.29) is 12.6 Å². The van der Waals surface area contributed by atoms with Crippen LogP contribution < -0.4 is 5.32 Å². The van der Waals surface area contributed by atoms with E-state index in [0.717, 1.165) is 6.54 Å². The minimum Gasteiger partial charge on any atom is -0.464 e. The molecule has 18 heavy (non-hydrogen) atoms. The van der Waals surface area contributed by atoms with Crippen molar-refractivity contribution in [1.29, 1.82) is 0 Å². The van der Waals surface area contributed by atoms with E-state index in [4.69, 9.17) is 14.0 Å². The second-order valence-electron chi connectivity index (χ2n) is 3.59. The molecule has 0 aliphatic heterocycles. The molecule has 0 fully saturated rings. The Labute approximate surface area is 106 Å². The largest absolute Gasteiger partial charge is 0.464 e. The maximum atomic E-state index is 10.9. The zero-order valence-electron chi connectivity index (χ0n) is 10.8. The summed E-state index contributed by atoms with van der Waals surface area (Å²) in [6.07, 6.45) is 0.704. The van der Waals surface area contributed by atoms with Crippen LogP contribution >= 0.6 is 0 Å². The quantitative estimate of drug-likeness (QED) is 0.495. The van der Waals surface area contributed by atoms with Gasteiger partial charge in [0.15, 0.2) is 5.82 Å². The van der Waals surface area contributed by atoms with Crippen molar-refractivity contribution >= 4 is 5.97 Å². The topological polar surface area (TPSA) is 86.5 Å². The molecule has 1 heterocycles. The monoisotopic (exact) mass is 257 g/mol. The number of hydrogen-bond donors (Lipinski definition) is 1. The van der Waals surface area contributed by atoms with Gasteiger partial charge in [-0.3, -0.25) is 0 Å². The normalized spacial score (nSPS) is 10.6. The summed E-state index contributed by atoms with van der Waals surface area (Å²) in [5.74, 6) is 0.926. The van der Waals surface area contributed by atoms with Gasteiger partial charge in [0.1, 0.15) is 6.61 Å². The zero-order valence-corrected chi connectivity index (χ0v) is 10.8. The molecule has 1 aromatic heterocycles. The van der Waals surface area contributed by atoms with Crippen LogP contribution in [0.5, 0.6) is 0 Å². The van der Waals surface area contributed by atoms with Gasteiger partial charge in [-0.15, -0.1) is 0 Å². The second-order valence-corrected chi connectivity index (χ2v) is 3.59. The SMILES string of the molecule is CCOC(=O)COCCNCCc1noc(C)n1. The van der Waals surface area contributed by atoms with E-state index in [9.17, 15) is 4.79 Å². The summed E-state index contributed by atoms with van der Waals surface area (Å²) in [6, 6.07) is 0. The van der Waals surface area contributed by atoms with Crippen molar-refractivity contribution in [3.05, 3.63) is 11.7 Å². The number of carbonyl (C=O) groups excluding carboxylic acids is 1. The molecule has 102 valence electrons. The van der Waals surface area contributed by atoms with Crippen LogP contribution in [0, 0.1) is 6.92 Å². The maximum Gasteiger partial charge on any atom is 0.332 e. The second kappa shape index (κ2) is 8.60. The number of ether oxygens (including phenoxy) is 2. The number of aromatic nitrogens is 2. The zero-order chi connectivity index (χ0) is 13.2. The van der Waals surface area contributed by atoms with Crippen molar-refractivity contribution < 1.29 is 18.8 Å². The molecule has 0 saturated carbocycles. The van der Waals surface area contributed by atoms with Gasteiger partial charge in [0.25, 0.3) is 0 Å². The Morgan fingerprint density at radius 1 is 1.44 bits per heavy atom. The fourth-order valence-electron chi connectivity index (χ4n) is 1.27. The highest BCUT2D eigenvalue weighted by molar-refractivity contribution is 5.70. The van der Waals surface area contributed by atoms with Crippen LogP contribution in [0.15, 0.2) is 4.52 Å². The van der Waals surface area contributed by atoms with Crippen LogP contribution in [0.4, 0.5) is 0 Å². The van der Waals surface area contributed by atoms with Crippen molar-refractivity contribution in [2.45, 2.75) is 20.3 Å². The Morgan fingerprint density at radius 3 is 2.94 bits per heavy atom. The van der Waals surface area contributed by atoms with Crippen molar-refractivity contribution in [3.8, 4) is 0 Å². The number of esters is 1. The van der Waals surface area contributed by atoms with Gasteiger partial charge in [-0.25, -0.2) is 4.79 Å². The first-order valence-electron chi connectivity index (χ1n) is 5.95. The summed E-state index contributed by atoms with van der Waals surface area (Å²) in [7, 11) is 0. The van der Waals surface area contributed by atoms with Gasteiger partial charge in [0.05, 0.1) is 13.2 Å². The highest BCUT2D eigenvalue weighted by Gasteiger charge is 2.02. The van der Waals surface area contributed by atoms with Gasteiger partial charge >= 0.3 is 5.97 Å². The predicted molar refractivity (Wildman–Crippen MR) is 63.1 cm³/mol. The van der Waals surface area contributed by atoms with Gasteiger partial charge in [0, 0.05) is 26.4 Å². The highest BCUT2D eigenvalue weighted by Crippen LogP contribution is 1.94. The molecular weight excluding hydrogens is 238 g/mol. The van der Waals surface area contributed by atoms with Gasteiger partial charge in [-0.1, -0.05) is 5.16 Å². The van der Waals surface area contributed by atoms with Crippen LogP contribution in [0.25, 0.3) is 0 Å². The molecule has 1 rings (SSSR count). The van der Waals surface area contributed by atoms with E-state index >= 15 is 0 Å². The summed E-state index contributed by atoms with van der Waals surface area (Å²) in [5.41, 5.74) is 0. The smallest absolute Gasteiger partial charge is 0.332 e. The number of nitrogens with zero attached hydrogens (tertiary/aromatic N) is 2. The first kappa shape index (κ1) is 14.6. The third-order valence-electron chi connectivity index (χ3n) is 2.04. The molecule has 0 saturated heterocycles. The molecule has 1 aromatic rings. The molecule has 0 atom stereocenters. The lowest BCUT2D eigenvalue weighted by molar-refractivity contribution is -0.148. The summed E-state index contributed by atoms with van der Waals surface area (Å²) < 4.78 is 14.7. The average molecular weight is 257 g/mol. The first-order chi connectivity index (χ1) is 8.72. The molecular formula is C11H19N3O4. The van der Waals surface area contributed by atoms with Crippen LogP contribution in [0.2, 0.25) is 0 Å². The van der Waals surface area contributed by atoms with Crippen molar-refractivity contribution in [3.63, 3.8) is 0 Å². The summed E-state index contributed by atoms with van der Waals surface area (Å²) >= 11 is 0. The Bertz CT molecular complexity index is 354. The predicted octanol–water partition coefficient (Wildman–Crippen LogP) is 0.0898. The molecule has 7 nitrogen and oxygen atoms in total. The van der Waals surface area contributed by atoms with Crippen molar-refractivity contribution in [2.75, 3.05) is 32.9 Å². The Kier molecular flexibility index (Phi) is 6.97. The third-order valence-corrected chi connectivity index (χ3v) is 2.04. The molecule has 0 bridgehead atoms. The van der Waals surface area contributed by atoms with Crippen LogP contribution in [0.1, 0.15) is 18.6 Å².